The van der Waals surface area contributed by atoms with Gasteiger partial charge in [-0.1, -0.05) is 102 Å². The van der Waals surface area contributed by atoms with Gasteiger partial charge < -0.3 is 11.5 Å². The topological polar surface area (TPSA) is 52.0 Å². The van der Waals surface area contributed by atoms with Crippen LogP contribution in [-0.4, -0.2) is 0 Å². The van der Waals surface area contributed by atoms with Gasteiger partial charge in [0.2, 0.25) is 0 Å². The molecule has 0 aliphatic carbocycles. The number of nitrogens with two attached hydrogens (primary N) is 2. The monoisotopic (exact) mass is 372 g/mol. The van der Waals surface area contributed by atoms with Gasteiger partial charge in [0, 0.05) is 11.1 Å². The van der Waals surface area contributed by atoms with Crippen LogP contribution in [0.4, 0.5) is 11.4 Å². The average molecular weight is 373 g/mol. The van der Waals surface area contributed by atoms with E-state index in [1.165, 1.54) is 11.1 Å². The maximum absolute atomic E-state index is 6.45. The molecule has 0 amide bonds. The van der Waals surface area contributed by atoms with Gasteiger partial charge in [0.1, 0.15) is 0 Å². The van der Waals surface area contributed by atoms with E-state index in [2.05, 4.69) is 102 Å². The zero-order valence-electron chi connectivity index (χ0n) is 17.9. The van der Waals surface area contributed by atoms with Crippen LogP contribution in [0.3, 0.4) is 0 Å². The van der Waals surface area contributed by atoms with E-state index in [9.17, 15) is 0 Å². The molecular formula is C26H32N2. The van der Waals surface area contributed by atoms with Crippen molar-refractivity contribution in [3.63, 3.8) is 0 Å². The van der Waals surface area contributed by atoms with Crippen molar-refractivity contribution < 1.29 is 0 Å². The molecule has 2 heteroatoms. The molecular weight excluding hydrogens is 340 g/mol. The number of benzene rings is 3. The van der Waals surface area contributed by atoms with Crippen LogP contribution in [0.25, 0.3) is 22.3 Å². The predicted octanol–water partition coefficient (Wildman–Crippen LogP) is 6.78. The quantitative estimate of drug-likeness (QED) is 0.487. The van der Waals surface area contributed by atoms with E-state index in [1.54, 1.807) is 0 Å². The molecule has 0 spiro atoms. The first-order valence-electron chi connectivity index (χ1n) is 9.88. The van der Waals surface area contributed by atoms with E-state index in [1.807, 2.05) is 0 Å². The maximum atomic E-state index is 6.45. The lowest BCUT2D eigenvalue weighted by Crippen LogP contribution is -2.10. The predicted molar refractivity (Wildman–Crippen MR) is 124 cm³/mol. The number of hydrogen-bond donors (Lipinski definition) is 2. The van der Waals surface area contributed by atoms with E-state index in [0.717, 1.165) is 22.3 Å². The zero-order chi connectivity index (χ0) is 20.7. The second-order valence-corrected chi connectivity index (χ2v) is 9.64. The van der Waals surface area contributed by atoms with Gasteiger partial charge in [0.05, 0.1) is 11.4 Å². The Balaban J connectivity index is 1.97. The number of nitrogen functional groups attached to an aromatic ring is 2. The third kappa shape index (κ3) is 3.91. The highest BCUT2D eigenvalue weighted by atomic mass is 14.7. The highest BCUT2D eigenvalue weighted by molar-refractivity contribution is 5.93. The molecule has 0 saturated heterocycles. The second-order valence-electron chi connectivity index (χ2n) is 9.64. The summed E-state index contributed by atoms with van der Waals surface area (Å²) in [6.07, 6.45) is 0. The number of hydrogen-bond acceptors (Lipinski definition) is 2. The van der Waals surface area contributed by atoms with Crippen molar-refractivity contribution in [3.8, 4) is 22.3 Å². The SMILES string of the molecule is CC(C)(C)c1ccc(-c2ccc(-c3ccc(C(C)(C)C)cc3)c(N)c2N)cc1. The Kier molecular flexibility index (Phi) is 5.01. The van der Waals surface area contributed by atoms with Crippen LogP contribution in [0, 0.1) is 0 Å². The fourth-order valence-electron chi connectivity index (χ4n) is 3.44. The molecule has 0 atom stereocenters. The van der Waals surface area contributed by atoms with Crippen LogP contribution in [0.15, 0.2) is 60.7 Å². The molecule has 3 aromatic rings. The summed E-state index contributed by atoms with van der Waals surface area (Å²) in [5, 5.41) is 0. The summed E-state index contributed by atoms with van der Waals surface area (Å²) in [4.78, 5) is 0. The van der Waals surface area contributed by atoms with Crippen molar-refractivity contribution in [1.29, 1.82) is 0 Å². The van der Waals surface area contributed by atoms with Gasteiger partial charge in [0.25, 0.3) is 0 Å². The molecule has 0 bridgehead atoms. The van der Waals surface area contributed by atoms with E-state index in [0.29, 0.717) is 11.4 Å². The normalized spacial score (nSPS) is 12.2. The van der Waals surface area contributed by atoms with Crippen molar-refractivity contribution in [2.45, 2.75) is 52.4 Å². The highest BCUT2D eigenvalue weighted by Gasteiger charge is 2.16. The van der Waals surface area contributed by atoms with Crippen molar-refractivity contribution in [2.24, 2.45) is 0 Å². The van der Waals surface area contributed by atoms with Crippen LogP contribution in [-0.2, 0) is 10.8 Å². The summed E-state index contributed by atoms with van der Waals surface area (Å²) in [7, 11) is 0. The first kappa shape index (κ1) is 20.0. The standard InChI is InChI=1S/C26H32N2/c1-25(2,3)19-11-7-17(8-12-19)21-15-16-22(24(28)23(21)27)18-9-13-20(14-10-18)26(4,5)6/h7-16H,27-28H2,1-6H3. The van der Waals surface area contributed by atoms with Crippen molar-refractivity contribution >= 4 is 11.4 Å². The lowest BCUT2D eigenvalue weighted by molar-refractivity contribution is 0.590. The highest BCUT2D eigenvalue weighted by Crippen LogP contribution is 2.38. The molecule has 0 aromatic heterocycles. The first-order valence-corrected chi connectivity index (χ1v) is 9.88. The largest absolute Gasteiger partial charge is 0.397 e. The summed E-state index contributed by atoms with van der Waals surface area (Å²) in [5.74, 6) is 0. The number of rotatable bonds is 2. The molecule has 0 radical (unpaired) electrons. The van der Waals surface area contributed by atoms with Crippen LogP contribution < -0.4 is 11.5 Å². The maximum Gasteiger partial charge on any atom is 0.0633 e. The summed E-state index contributed by atoms with van der Waals surface area (Å²) in [6, 6.07) is 21.3. The third-order valence-electron chi connectivity index (χ3n) is 5.41. The molecule has 3 aromatic carbocycles. The van der Waals surface area contributed by atoms with Crippen LogP contribution in [0.1, 0.15) is 52.7 Å². The van der Waals surface area contributed by atoms with Crippen LogP contribution in [0.2, 0.25) is 0 Å². The van der Waals surface area contributed by atoms with Crippen LogP contribution >= 0.6 is 0 Å². The Morgan fingerprint density at radius 1 is 0.464 bits per heavy atom. The third-order valence-corrected chi connectivity index (χ3v) is 5.41. The molecule has 0 fully saturated rings. The summed E-state index contributed by atoms with van der Waals surface area (Å²) >= 11 is 0. The van der Waals surface area contributed by atoms with E-state index in [-0.39, 0.29) is 10.8 Å². The van der Waals surface area contributed by atoms with Gasteiger partial charge in [-0.25, -0.2) is 0 Å². The Hall–Kier alpha value is -2.74. The zero-order valence-corrected chi connectivity index (χ0v) is 17.9. The molecule has 0 aliphatic rings. The summed E-state index contributed by atoms with van der Waals surface area (Å²) in [5.41, 5.74) is 21.2. The van der Waals surface area contributed by atoms with Crippen LogP contribution in [0.5, 0.6) is 0 Å². The molecule has 4 N–H and O–H groups in total. The minimum Gasteiger partial charge on any atom is -0.397 e. The smallest absolute Gasteiger partial charge is 0.0633 e. The van der Waals surface area contributed by atoms with Gasteiger partial charge in [-0.15, -0.1) is 0 Å². The fraction of sp³-hybridized carbons (Fsp3) is 0.308. The Bertz CT molecular complexity index is 885. The summed E-state index contributed by atoms with van der Waals surface area (Å²) < 4.78 is 0. The van der Waals surface area contributed by atoms with Crippen molar-refractivity contribution in [3.05, 3.63) is 71.8 Å². The Labute approximate surface area is 169 Å². The van der Waals surface area contributed by atoms with E-state index in [4.69, 9.17) is 11.5 Å². The van der Waals surface area contributed by atoms with Gasteiger partial charge in [-0.3, -0.25) is 0 Å². The first-order chi connectivity index (χ1) is 13.0. The molecule has 28 heavy (non-hydrogen) atoms. The van der Waals surface area contributed by atoms with Gasteiger partial charge >= 0.3 is 0 Å². The molecule has 0 heterocycles. The molecule has 0 aliphatic heterocycles. The Morgan fingerprint density at radius 3 is 1.00 bits per heavy atom. The summed E-state index contributed by atoms with van der Waals surface area (Å²) in [6.45, 7) is 13.3. The van der Waals surface area contributed by atoms with Gasteiger partial charge in [-0.05, 0) is 33.1 Å². The van der Waals surface area contributed by atoms with Gasteiger partial charge in [0.15, 0.2) is 0 Å². The van der Waals surface area contributed by atoms with Gasteiger partial charge in [-0.2, -0.15) is 0 Å². The van der Waals surface area contributed by atoms with E-state index < -0.39 is 0 Å². The second kappa shape index (κ2) is 7.01. The lowest BCUT2D eigenvalue weighted by atomic mass is 9.85. The lowest BCUT2D eigenvalue weighted by Gasteiger charge is -2.20. The van der Waals surface area contributed by atoms with Crippen molar-refractivity contribution in [1.82, 2.24) is 0 Å². The molecule has 146 valence electrons. The van der Waals surface area contributed by atoms with Crippen molar-refractivity contribution in [2.75, 3.05) is 11.5 Å². The molecule has 2 nitrogen and oxygen atoms in total. The minimum absolute atomic E-state index is 0.131. The minimum atomic E-state index is 0.131. The fourth-order valence-corrected chi connectivity index (χ4v) is 3.44. The Morgan fingerprint density at radius 2 is 0.750 bits per heavy atom. The average Bonchev–Trinajstić information content (AvgIpc) is 2.63. The molecule has 3 rings (SSSR count). The molecule has 0 unspecified atom stereocenters. The van der Waals surface area contributed by atoms with E-state index >= 15 is 0 Å². The molecule has 0 saturated carbocycles. The number of anilines is 2.